The van der Waals surface area contributed by atoms with E-state index in [1.165, 1.54) is 17.7 Å². The number of thioether (sulfide) groups is 1. The Bertz CT molecular complexity index is 549. The van der Waals surface area contributed by atoms with Gasteiger partial charge in [-0.1, -0.05) is 25.1 Å². The Morgan fingerprint density at radius 2 is 1.88 bits per heavy atom. The van der Waals surface area contributed by atoms with Gasteiger partial charge >= 0.3 is 0 Å². The number of rotatable bonds is 9. The summed E-state index contributed by atoms with van der Waals surface area (Å²) >= 11 is 1.94. The number of amides is 1. The molecule has 0 heterocycles. The molecule has 1 aromatic carbocycles. The highest BCUT2D eigenvalue weighted by molar-refractivity contribution is 14.0. The average molecular weight is 476 g/mol. The first-order valence-corrected chi connectivity index (χ1v) is 9.44. The van der Waals surface area contributed by atoms with E-state index in [0.717, 1.165) is 25.5 Å². The van der Waals surface area contributed by atoms with Gasteiger partial charge in [0.15, 0.2) is 5.96 Å². The van der Waals surface area contributed by atoms with Crippen LogP contribution in [0.25, 0.3) is 0 Å². The molecule has 0 unspecified atom stereocenters. The summed E-state index contributed by atoms with van der Waals surface area (Å²) in [6, 6.07) is 10.5. The highest BCUT2D eigenvalue weighted by Gasteiger charge is 2.43. The van der Waals surface area contributed by atoms with Crippen molar-refractivity contribution < 1.29 is 4.79 Å². The van der Waals surface area contributed by atoms with E-state index in [4.69, 9.17) is 0 Å². The third-order valence-corrected chi connectivity index (χ3v) is 5.40. The lowest BCUT2D eigenvalue weighted by Gasteiger charge is -2.18. The molecule has 3 N–H and O–H groups in total. The molecule has 1 aliphatic rings. The number of hydrogen-bond acceptors (Lipinski definition) is 3. The van der Waals surface area contributed by atoms with Crippen LogP contribution in [0.1, 0.15) is 32.6 Å². The van der Waals surface area contributed by atoms with Crippen LogP contribution in [0.15, 0.2) is 40.2 Å². The van der Waals surface area contributed by atoms with Crippen molar-refractivity contribution in [2.45, 2.75) is 42.2 Å². The van der Waals surface area contributed by atoms with Gasteiger partial charge in [0.25, 0.3) is 0 Å². The summed E-state index contributed by atoms with van der Waals surface area (Å²) in [6.45, 7) is 4.26. The first-order valence-electron chi connectivity index (χ1n) is 8.63. The molecule has 0 aliphatic heterocycles. The molecule has 1 saturated carbocycles. The normalized spacial score (nSPS) is 15.0. The Morgan fingerprint density at radius 1 is 1.16 bits per heavy atom. The molecule has 5 nitrogen and oxygen atoms in total. The molecule has 0 spiro atoms. The maximum absolute atomic E-state index is 11.6. The highest BCUT2D eigenvalue weighted by atomic mass is 127. The van der Waals surface area contributed by atoms with Crippen LogP contribution in [0.2, 0.25) is 0 Å². The van der Waals surface area contributed by atoms with Crippen LogP contribution < -0.4 is 16.0 Å². The first kappa shape index (κ1) is 22.1. The van der Waals surface area contributed by atoms with Crippen LogP contribution in [0.4, 0.5) is 0 Å². The summed E-state index contributed by atoms with van der Waals surface area (Å²) in [5.41, 5.74) is 0. The fourth-order valence-electron chi connectivity index (χ4n) is 2.31. The van der Waals surface area contributed by atoms with E-state index >= 15 is 0 Å². The Morgan fingerprint density at radius 3 is 2.48 bits per heavy atom. The minimum absolute atomic E-state index is 0. The Hall–Kier alpha value is -0.960. The summed E-state index contributed by atoms with van der Waals surface area (Å²) in [6.07, 6.45) is 3.86. The van der Waals surface area contributed by atoms with Crippen LogP contribution >= 0.6 is 35.7 Å². The minimum Gasteiger partial charge on any atom is -0.356 e. The quantitative estimate of drug-likeness (QED) is 0.291. The summed E-state index contributed by atoms with van der Waals surface area (Å²) in [5, 5.41) is 9.48. The van der Waals surface area contributed by atoms with Crippen LogP contribution in [0.5, 0.6) is 0 Å². The zero-order valence-electron chi connectivity index (χ0n) is 15.0. The van der Waals surface area contributed by atoms with Gasteiger partial charge in [-0.25, -0.2) is 0 Å². The standard InChI is InChI=1S/C18H28N4OS.HI/c1-3-12-20-16(23)9-13-21-17(19-2)22-14-18(10-11-18)24-15-7-5-4-6-8-15;/h4-8H,3,9-14H2,1-2H3,(H,20,23)(H2,19,21,22);1H. The number of carbonyl (C=O) groups is 1. The van der Waals surface area contributed by atoms with E-state index in [1.54, 1.807) is 7.05 Å². The van der Waals surface area contributed by atoms with Crippen molar-refractivity contribution in [2.75, 3.05) is 26.7 Å². The summed E-state index contributed by atoms with van der Waals surface area (Å²) in [5.74, 6) is 0.844. The van der Waals surface area contributed by atoms with E-state index < -0.39 is 0 Å². The molecule has 1 fully saturated rings. The molecular formula is C18H29IN4OS. The van der Waals surface area contributed by atoms with Crippen molar-refractivity contribution in [1.29, 1.82) is 0 Å². The van der Waals surface area contributed by atoms with Crippen LogP contribution in [0.3, 0.4) is 0 Å². The van der Waals surface area contributed by atoms with Crippen molar-refractivity contribution in [3.05, 3.63) is 30.3 Å². The zero-order chi connectivity index (χ0) is 17.3. The number of benzene rings is 1. The van der Waals surface area contributed by atoms with E-state index in [9.17, 15) is 4.79 Å². The maximum Gasteiger partial charge on any atom is 0.221 e. The zero-order valence-corrected chi connectivity index (χ0v) is 18.2. The Balaban J connectivity index is 0.00000312. The second-order valence-corrected chi connectivity index (χ2v) is 7.59. The molecule has 1 aliphatic carbocycles. The van der Waals surface area contributed by atoms with E-state index in [1.807, 2.05) is 24.8 Å². The SMILES string of the molecule is CCCNC(=O)CCNC(=NC)NCC1(Sc2ccccc2)CC1.I. The summed E-state index contributed by atoms with van der Waals surface area (Å²) < 4.78 is 0.275. The van der Waals surface area contributed by atoms with Gasteiger partial charge in [-0.3, -0.25) is 9.79 Å². The molecule has 140 valence electrons. The third kappa shape index (κ3) is 8.31. The molecular weight excluding hydrogens is 447 g/mol. The second kappa shape index (κ2) is 11.6. The number of nitrogens with one attached hydrogen (secondary N) is 3. The molecule has 0 aromatic heterocycles. The molecule has 0 bridgehead atoms. The predicted octanol–water partition coefficient (Wildman–Crippen LogP) is 3.01. The fourth-order valence-corrected chi connectivity index (χ4v) is 3.55. The number of nitrogens with zero attached hydrogens (tertiary/aromatic N) is 1. The topological polar surface area (TPSA) is 65.5 Å². The van der Waals surface area contributed by atoms with E-state index in [-0.39, 0.29) is 34.6 Å². The van der Waals surface area contributed by atoms with Gasteiger partial charge < -0.3 is 16.0 Å². The molecule has 0 atom stereocenters. The van der Waals surface area contributed by atoms with Crippen molar-refractivity contribution in [1.82, 2.24) is 16.0 Å². The van der Waals surface area contributed by atoms with Gasteiger partial charge in [0.05, 0.1) is 0 Å². The van der Waals surface area contributed by atoms with Gasteiger partial charge in [-0.05, 0) is 31.4 Å². The smallest absolute Gasteiger partial charge is 0.221 e. The number of guanidine groups is 1. The van der Waals surface area contributed by atoms with Crippen molar-refractivity contribution in [2.24, 2.45) is 4.99 Å². The number of hydrogen-bond donors (Lipinski definition) is 3. The van der Waals surface area contributed by atoms with Gasteiger partial charge in [-0.15, -0.1) is 35.7 Å². The molecule has 2 rings (SSSR count). The largest absolute Gasteiger partial charge is 0.356 e. The molecule has 1 amide bonds. The monoisotopic (exact) mass is 476 g/mol. The Labute approximate surface area is 172 Å². The van der Waals surface area contributed by atoms with E-state index in [0.29, 0.717) is 13.0 Å². The van der Waals surface area contributed by atoms with Crippen LogP contribution in [0, 0.1) is 0 Å². The lowest BCUT2D eigenvalue weighted by atomic mass is 10.3. The fraction of sp³-hybridized carbons (Fsp3) is 0.556. The van der Waals surface area contributed by atoms with Gasteiger partial charge in [-0.2, -0.15) is 0 Å². The van der Waals surface area contributed by atoms with Gasteiger partial charge in [0.2, 0.25) is 5.91 Å². The summed E-state index contributed by atoms with van der Waals surface area (Å²) in [4.78, 5) is 17.1. The maximum atomic E-state index is 11.6. The van der Waals surface area contributed by atoms with Crippen LogP contribution in [-0.4, -0.2) is 43.3 Å². The van der Waals surface area contributed by atoms with E-state index in [2.05, 4.69) is 45.2 Å². The minimum atomic E-state index is 0. The average Bonchev–Trinajstić information content (AvgIpc) is 3.36. The molecule has 0 saturated heterocycles. The number of halogens is 1. The van der Waals surface area contributed by atoms with Gasteiger partial charge in [0, 0.05) is 42.7 Å². The molecule has 7 heteroatoms. The van der Waals surface area contributed by atoms with Crippen molar-refractivity contribution in [3.63, 3.8) is 0 Å². The number of aliphatic imine (C=N–C) groups is 1. The molecule has 25 heavy (non-hydrogen) atoms. The summed E-state index contributed by atoms with van der Waals surface area (Å²) in [7, 11) is 1.76. The van der Waals surface area contributed by atoms with Crippen molar-refractivity contribution >= 4 is 47.6 Å². The first-order chi connectivity index (χ1) is 11.7. The van der Waals surface area contributed by atoms with Crippen molar-refractivity contribution in [3.8, 4) is 0 Å². The molecule has 0 radical (unpaired) electrons. The highest BCUT2D eigenvalue weighted by Crippen LogP contribution is 2.51. The molecule has 1 aromatic rings. The Kier molecular flexibility index (Phi) is 10.3. The lowest BCUT2D eigenvalue weighted by Crippen LogP contribution is -2.42. The lowest BCUT2D eigenvalue weighted by molar-refractivity contribution is -0.120. The van der Waals surface area contributed by atoms with Crippen LogP contribution in [-0.2, 0) is 4.79 Å². The second-order valence-electron chi connectivity index (χ2n) is 6.05. The predicted molar refractivity (Wildman–Crippen MR) is 117 cm³/mol. The third-order valence-electron chi connectivity index (χ3n) is 3.90. The van der Waals surface area contributed by atoms with Gasteiger partial charge in [0.1, 0.15) is 0 Å². The number of carbonyl (C=O) groups excluding carboxylic acids is 1.